The zero-order valence-corrected chi connectivity index (χ0v) is 16.8. The number of hydrogen-bond donors (Lipinski definition) is 1. The molecule has 1 unspecified atom stereocenters. The van der Waals surface area contributed by atoms with E-state index in [-0.39, 0.29) is 0 Å². The summed E-state index contributed by atoms with van der Waals surface area (Å²) in [5.41, 5.74) is 4.12. The second kappa shape index (κ2) is 7.85. The molecule has 150 valence electrons. The number of hydrogen-bond acceptors (Lipinski definition) is 6. The molecule has 7 nitrogen and oxygen atoms in total. The van der Waals surface area contributed by atoms with Crippen molar-refractivity contribution < 1.29 is 14.6 Å². The molecule has 2 aromatic heterocycles. The van der Waals surface area contributed by atoms with Gasteiger partial charge in [0.2, 0.25) is 0 Å². The van der Waals surface area contributed by atoms with Crippen LogP contribution in [0.4, 0.5) is 0 Å². The highest BCUT2D eigenvalue weighted by molar-refractivity contribution is 5.81. The number of aliphatic hydroxyl groups excluding tert-OH is 1. The predicted molar refractivity (Wildman–Crippen MR) is 113 cm³/mol. The summed E-state index contributed by atoms with van der Waals surface area (Å²) in [6.45, 7) is 1.69. The van der Waals surface area contributed by atoms with Crippen LogP contribution < -0.4 is 9.47 Å². The Bertz CT molecular complexity index is 1270. The number of methoxy groups -OCH3 is 2. The third-order valence-electron chi connectivity index (χ3n) is 4.93. The molecular formula is C23H20N4O3. The van der Waals surface area contributed by atoms with Crippen LogP contribution in [-0.4, -0.2) is 33.9 Å². The van der Waals surface area contributed by atoms with Gasteiger partial charge in [0.25, 0.3) is 0 Å². The first kappa shape index (κ1) is 19.4. The molecule has 0 saturated carbocycles. The normalized spacial score (nSPS) is 11.8. The van der Waals surface area contributed by atoms with Gasteiger partial charge in [-0.05, 0) is 25.1 Å². The number of benzene rings is 2. The molecule has 0 fully saturated rings. The van der Waals surface area contributed by atoms with E-state index in [1.165, 1.54) is 0 Å². The van der Waals surface area contributed by atoms with E-state index < -0.39 is 6.10 Å². The van der Waals surface area contributed by atoms with Crippen LogP contribution in [0, 0.1) is 11.3 Å². The Labute approximate surface area is 173 Å². The van der Waals surface area contributed by atoms with Crippen LogP contribution in [0.15, 0.2) is 54.9 Å². The fraction of sp³-hybridized carbons (Fsp3) is 0.174. The molecule has 30 heavy (non-hydrogen) atoms. The highest BCUT2D eigenvalue weighted by Gasteiger charge is 2.16. The van der Waals surface area contributed by atoms with Gasteiger partial charge in [-0.1, -0.05) is 18.2 Å². The number of pyridine rings is 1. The second-order valence-corrected chi connectivity index (χ2v) is 6.79. The Morgan fingerprint density at radius 2 is 1.83 bits per heavy atom. The summed E-state index contributed by atoms with van der Waals surface area (Å²) < 4.78 is 12.6. The number of aromatic nitrogens is 3. The first-order valence-electron chi connectivity index (χ1n) is 9.34. The fourth-order valence-corrected chi connectivity index (χ4v) is 3.42. The summed E-state index contributed by atoms with van der Waals surface area (Å²) in [7, 11) is 3.17. The number of aliphatic hydroxyl groups is 1. The Kier molecular flexibility index (Phi) is 5.09. The molecule has 7 heteroatoms. The van der Waals surface area contributed by atoms with Gasteiger partial charge >= 0.3 is 0 Å². The van der Waals surface area contributed by atoms with Crippen molar-refractivity contribution >= 4 is 11.0 Å². The van der Waals surface area contributed by atoms with Crippen LogP contribution in [0.25, 0.3) is 28.1 Å². The van der Waals surface area contributed by atoms with Gasteiger partial charge < -0.3 is 14.6 Å². The minimum Gasteiger partial charge on any atom is -0.493 e. The first-order chi connectivity index (χ1) is 14.5. The molecule has 0 aliphatic carbocycles. The molecule has 0 aliphatic rings. The third kappa shape index (κ3) is 3.34. The average molecular weight is 400 g/mol. The van der Waals surface area contributed by atoms with Crippen LogP contribution in [0.3, 0.4) is 0 Å². The van der Waals surface area contributed by atoms with E-state index in [1.54, 1.807) is 45.7 Å². The second-order valence-electron chi connectivity index (χ2n) is 6.79. The van der Waals surface area contributed by atoms with E-state index in [2.05, 4.69) is 11.1 Å². The quantitative estimate of drug-likeness (QED) is 0.544. The van der Waals surface area contributed by atoms with Crippen molar-refractivity contribution in [3.8, 4) is 34.6 Å². The number of nitriles is 1. The van der Waals surface area contributed by atoms with Gasteiger partial charge in [0, 0.05) is 23.3 Å². The van der Waals surface area contributed by atoms with Crippen molar-refractivity contribution in [3.63, 3.8) is 0 Å². The van der Waals surface area contributed by atoms with Gasteiger partial charge in [-0.25, -0.2) is 9.97 Å². The fourth-order valence-electron chi connectivity index (χ4n) is 3.42. The summed E-state index contributed by atoms with van der Waals surface area (Å²) in [5.74, 6) is 1.82. The predicted octanol–water partition coefficient (Wildman–Crippen LogP) is 4.03. The van der Waals surface area contributed by atoms with E-state index in [1.807, 2.05) is 34.9 Å². The SMILES string of the molecule is COc1cc2ncn(-c3ccc(C(C)O)c(-c4cccc(C#N)c4)n3)c2cc1OC. The number of ether oxygens (including phenoxy) is 2. The van der Waals surface area contributed by atoms with Crippen molar-refractivity contribution in [2.24, 2.45) is 0 Å². The standard InChI is InChI=1S/C23H20N4O3/c1-14(28)17-7-8-22(26-23(17)16-6-4-5-15(9-16)12-24)27-13-25-18-10-20(29-2)21(30-3)11-19(18)27/h4-11,13-14,28H,1-3H3. The Morgan fingerprint density at radius 3 is 2.53 bits per heavy atom. The molecule has 1 N–H and O–H groups in total. The van der Waals surface area contributed by atoms with Crippen LogP contribution in [0.5, 0.6) is 11.5 Å². The van der Waals surface area contributed by atoms with Gasteiger partial charge in [-0.3, -0.25) is 4.57 Å². The first-order valence-corrected chi connectivity index (χ1v) is 9.34. The summed E-state index contributed by atoms with van der Waals surface area (Å²) in [6.07, 6.45) is 0.972. The van der Waals surface area contributed by atoms with Gasteiger partial charge in [0.1, 0.15) is 12.1 Å². The number of imidazole rings is 1. The summed E-state index contributed by atoms with van der Waals surface area (Å²) in [4.78, 5) is 9.27. The Hall–Kier alpha value is -3.89. The number of fused-ring (bicyclic) bond motifs is 1. The average Bonchev–Trinajstić information content (AvgIpc) is 3.20. The summed E-state index contributed by atoms with van der Waals surface area (Å²) in [6, 6.07) is 16.7. The lowest BCUT2D eigenvalue weighted by Crippen LogP contribution is -2.03. The van der Waals surface area contributed by atoms with Crippen molar-refractivity contribution in [3.05, 3.63) is 66.0 Å². The van der Waals surface area contributed by atoms with Crippen LogP contribution >= 0.6 is 0 Å². The lowest BCUT2D eigenvalue weighted by atomic mass is 10.0. The largest absolute Gasteiger partial charge is 0.493 e. The summed E-state index contributed by atoms with van der Waals surface area (Å²) in [5, 5.41) is 19.5. The van der Waals surface area contributed by atoms with Gasteiger partial charge in [-0.2, -0.15) is 5.26 Å². The van der Waals surface area contributed by atoms with E-state index in [4.69, 9.17) is 14.5 Å². The highest BCUT2D eigenvalue weighted by Crippen LogP contribution is 2.33. The lowest BCUT2D eigenvalue weighted by molar-refractivity contribution is 0.199. The smallest absolute Gasteiger partial charge is 0.163 e. The van der Waals surface area contributed by atoms with E-state index >= 15 is 0 Å². The van der Waals surface area contributed by atoms with Crippen molar-refractivity contribution in [2.45, 2.75) is 13.0 Å². The topological polar surface area (TPSA) is 93.2 Å². The van der Waals surface area contributed by atoms with Crippen LogP contribution in [0.1, 0.15) is 24.2 Å². The zero-order chi connectivity index (χ0) is 21.3. The maximum atomic E-state index is 10.3. The number of nitrogens with zero attached hydrogens (tertiary/aromatic N) is 4. The van der Waals surface area contributed by atoms with Gasteiger partial charge in [0.15, 0.2) is 11.5 Å². The van der Waals surface area contributed by atoms with Crippen LogP contribution in [0.2, 0.25) is 0 Å². The van der Waals surface area contributed by atoms with Gasteiger partial charge in [0.05, 0.1) is 48.7 Å². The molecule has 2 aromatic carbocycles. The molecule has 4 rings (SSSR count). The van der Waals surface area contributed by atoms with Crippen molar-refractivity contribution in [2.75, 3.05) is 14.2 Å². The molecule has 0 spiro atoms. The molecule has 4 aromatic rings. The maximum absolute atomic E-state index is 10.3. The Balaban J connectivity index is 1.91. The van der Waals surface area contributed by atoms with E-state index in [0.29, 0.717) is 34.1 Å². The molecule has 0 aliphatic heterocycles. The molecule has 0 amide bonds. The molecular weight excluding hydrogens is 380 g/mol. The van der Waals surface area contributed by atoms with Crippen molar-refractivity contribution in [1.82, 2.24) is 14.5 Å². The Morgan fingerprint density at radius 1 is 1.07 bits per heavy atom. The van der Waals surface area contributed by atoms with Crippen LogP contribution in [-0.2, 0) is 0 Å². The highest BCUT2D eigenvalue weighted by atomic mass is 16.5. The minimum absolute atomic E-state index is 0.529. The maximum Gasteiger partial charge on any atom is 0.163 e. The lowest BCUT2D eigenvalue weighted by Gasteiger charge is -2.14. The monoisotopic (exact) mass is 400 g/mol. The molecule has 2 heterocycles. The van der Waals surface area contributed by atoms with E-state index in [0.717, 1.165) is 16.6 Å². The molecule has 0 bridgehead atoms. The van der Waals surface area contributed by atoms with E-state index in [9.17, 15) is 10.4 Å². The minimum atomic E-state index is -0.712. The molecule has 1 atom stereocenters. The third-order valence-corrected chi connectivity index (χ3v) is 4.93. The summed E-state index contributed by atoms with van der Waals surface area (Å²) >= 11 is 0. The van der Waals surface area contributed by atoms with Gasteiger partial charge in [-0.15, -0.1) is 0 Å². The molecule has 0 radical (unpaired) electrons. The van der Waals surface area contributed by atoms with Crippen molar-refractivity contribution in [1.29, 1.82) is 5.26 Å². The number of rotatable bonds is 5. The zero-order valence-electron chi connectivity index (χ0n) is 16.8. The molecule has 0 saturated heterocycles.